The minimum atomic E-state index is -0.0490. The second-order valence-electron chi connectivity index (χ2n) is 4.22. The Morgan fingerprint density at radius 3 is 2.69 bits per heavy atom. The third kappa shape index (κ3) is 7.24. The molecule has 3 N–H and O–H groups in total. The molecule has 0 aliphatic heterocycles. The van der Waals surface area contributed by atoms with E-state index in [1.54, 1.807) is 0 Å². The summed E-state index contributed by atoms with van der Waals surface area (Å²) in [6.45, 7) is 4.65. The van der Waals surface area contributed by atoms with Gasteiger partial charge in [0.05, 0.1) is 12.5 Å². The predicted molar refractivity (Wildman–Crippen MR) is 64.5 cm³/mol. The molecule has 0 bridgehead atoms. The monoisotopic (exact) mass is 225 g/mol. The quantitative estimate of drug-likeness (QED) is 0.658. The van der Waals surface area contributed by atoms with Crippen LogP contribution < -0.4 is 11.1 Å². The third-order valence-corrected chi connectivity index (χ3v) is 2.74. The lowest BCUT2D eigenvalue weighted by atomic mass is 9.96. The molecular formula is C12H23N3O. The Labute approximate surface area is 98.2 Å². The maximum atomic E-state index is 11.5. The van der Waals surface area contributed by atoms with E-state index < -0.39 is 0 Å². The van der Waals surface area contributed by atoms with Crippen molar-refractivity contribution >= 4 is 5.91 Å². The van der Waals surface area contributed by atoms with Gasteiger partial charge in [0.25, 0.3) is 0 Å². The number of rotatable bonds is 8. The van der Waals surface area contributed by atoms with Gasteiger partial charge in [0.1, 0.15) is 0 Å². The fraction of sp³-hybridized carbons (Fsp3) is 0.833. The summed E-state index contributed by atoms with van der Waals surface area (Å²) in [6.07, 6.45) is 3.84. The van der Waals surface area contributed by atoms with E-state index >= 15 is 0 Å². The first-order valence-corrected chi connectivity index (χ1v) is 6.00. The second-order valence-corrected chi connectivity index (χ2v) is 4.22. The average Bonchev–Trinajstić information content (AvgIpc) is 2.24. The molecule has 0 saturated carbocycles. The number of nitrogens with zero attached hydrogens (tertiary/aromatic N) is 1. The van der Waals surface area contributed by atoms with E-state index in [-0.39, 0.29) is 11.9 Å². The highest BCUT2D eigenvalue weighted by atomic mass is 16.1. The first-order chi connectivity index (χ1) is 7.63. The minimum Gasteiger partial charge on any atom is -0.353 e. The summed E-state index contributed by atoms with van der Waals surface area (Å²) in [7, 11) is 0. The van der Waals surface area contributed by atoms with E-state index in [1.807, 2.05) is 13.0 Å². The van der Waals surface area contributed by atoms with Crippen LogP contribution in [0.2, 0.25) is 0 Å². The Hall–Kier alpha value is -1.08. The zero-order valence-electron chi connectivity index (χ0n) is 10.3. The molecule has 16 heavy (non-hydrogen) atoms. The average molecular weight is 225 g/mol. The summed E-state index contributed by atoms with van der Waals surface area (Å²) in [4.78, 5) is 11.5. The van der Waals surface area contributed by atoms with Gasteiger partial charge in [-0.05, 0) is 32.2 Å². The molecule has 2 unspecified atom stereocenters. The summed E-state index contributed by atoms with van der Waals surface area (Å²) in [5, 5.41) is 11.3. The largest absolute Gasteiger partial charge is 0.353 e. The molecule has 0 aromatic heterocycles. The number of carbonyl (C=O) groups is 1. The van der Waals surface area contributed by atoms with Gasteiger partial charge in [-0.3, -0.25) is 4.79 Å². The SMILES string of the molecule is CCC(CCN)CCC(=O)NC(C)CC#N. The van der Waals surface area contributed by atoms with Crippen molar-refractivity contribution in [3.8, 4) is 6.07 Å². The topological polar surface area (TPSA) is 78.9 Å². The zero-order chi connectivity index (χ0) is 12.4. The van der Waals surface area contributed by atoms with Crippen LogP contribution in [-0.2, 0) is 4.79 Å². The summed E-state index contributed by atoms with van der Waals surface area (Å²) in [5.74, 6) is 0.584. The number of nitrogens with two attached hydrogens (primary N) is 1. The number of hydrogen-bond donors (Lipinski definition) is 2. The molecule has 4 nitrogen and oxygen atoms in total. The minimum absolute atomic E-state index is 0.0400. The van der Waals surface area contributed by atoms with Crippen LogP contribution in [0, 0.1) is 17.2 Å². The van der Waals surface area contributed by atoms with Crippen molar-refractivity contribution in [2.75, 3.05) is 6.54 Å². The number of nitriles is 1. The second kappa shape index (κ2) is 9.17. The van der Waals surface area contributed by atoms with Crippen LogP contribution in [-0.4, -0.2) is 18.5 Å². The Kier molecular flexibility index (Phi) is 8.55. The molecule has 4 heteroatoms. The van der Waals surface area contributed by atoms with Crippen LogP contribution >= 0.6 is 0 Å². The highest BCUT2D eigenvalue weighted by Crippen LogP contribution is 2.14. The van der Waals surface area contributed by atoms with Crippen LogP contribution in [0.1, 0.15) is 46.0 Å². The van der Waals surface area contributed by atoms with E-state index in [1.165, 1.54) is 0 Å². The smallest absolute Gasteiger partial charge is 0.220 e. The maximum absolute atomic E-state index is 11.5. The number of amides is 1. The highest BCUT2D eigenvalue weighted by Gasteiger charge is 2.10. The van der Waals surface area contributed by atoms with E-state index in [2.05, 4.69) is 12.2 Å². The van der Waals surface area contributed by atoms with Gasteiger partial charge in [0.2, 0.25) is 5.91 Å². The van der Waals surface area contributed by atoms with Crippen LogP contribution in [0.25, 0.3) is 0 Å². The van der Waals surface area contributed by atoms with E-state index in [9.17, 15) is 4.79 Å². The fourth-order valence-corrected chi connectivity index (χ4v) is 1.66. The Morgan fingerprint density at radius 1 is 1.50 bits per heavy atom. The molecule has 0 rings (SSSR count). The summed E-state index contributed by atoms with van der Waals surface area (Å²) in [5.41, 5.74) is 5.50. The molecule has 1 amide bonds. The predicted octanol–water partition coefficient (Wildman–Crippen LogP) is 1.56. The molecule has 2 atom stereocenters. The van der Waals surface area contributed by atoms with Gasteiger partial charge < -0.3 is 11.1 Å². The van der Waals surface area contributed by atoms with Gasteiger partial charge in [-0.15, -0.1) is 0 Å². The van der Waals surface area contributed by atoms with Crippen molar-refractivity contribution in [2.24, 2.45) is 11.7 Å². The molecular weight excluding hydrogens is 202 g/mol. The van der Waals surface area contributed by atoms with Crippen LogP contribution in [0.3, 0.4) is 0 Å². The maximum Gasteiger partial charge on any atom is 0.220 e. The summed E-state index contributed by atoms with van der Waals surface area (Å²) < 4.78 is 0. The zero-order valence-corrected chi connectivity index (χ0v) is 10.3. The van der Waals surface area contributed by atoms with Gasteiger partial charge in [-0.2, -0.15) is 5.26 Å². The van der Waals surface area contributed by atoms with Crippen molar-refractivity contribution in [3.05, 3.63) is 0 Å². The molecule has 0 heterocycles. The van der Waals surface area contributed by atoms with Crippen molar-refractivity contribution < 1.29 is 4.79 Å². The fourth-order valence-electron chi connectivity index (χ4n) is 1.66. The molecule has 0 aromatic rings. The van der Waals surface area contributed by atoms with Gasteiger partial charge in [0.15, 0.2) is 0 Å². The van der Waals surface area contributed by atoms with E-state index in [0.717, 1.165) is 19.3 Å². The molecule has 0 aliphatic carbocycles. The first kappa shape index (κ1) is 14.9. The lowest BCUT2D eigenvalue weighted by Crippen LogP contribution is -2.32. The molecule has 0 fully saturated rings. The van der Waals surface area contributed by atoms with E-state index in [0.29, 0.717) is 25.3 Å². The van der Waals surface area contributed by atoms with Gasteiger partial charge in [-0.25, -0.2) is 0 Å². The van der Waals surface area contributed by atoms with Gasteiger partial charge in [0, 0.05) is 12.5 Å². The number of hydrogen-bond acceptors (Lipinski definition) is 3. The van der Waals surface area contributed by atoms with Crippen molar-refractivity contribution in [1.29, 1.82) is 5.26 Å². The highest BCUT2D eigenvalue weighted by molar-refractivity contribution is 5.76. The summed E-state index contributed by atoms with van der Waals surface area (Å²) >= 11 is 0. The van der Waals surface area contributed by atoms with Gasteiger partial charge >= 0.3 is 0 Å². The molecule has 0 spiro atoms. The Morgan fingerprint density at radius 2 is 2.19 bits per heavy atom. The third-order valence-electron chi connectivity index (χ3n) is 2.74. The van der Waals surface area contributed by atoms with Gasteiger partial charge in [-0.1, -0.05) is 13.3 Å². The summed E-state index contributed by atoms with van der Waals surface area (Å²) in [6, 6.07) is 1.99. The molecule has 92 valence electrons. The number of nitrogens with one attached hydrogen (secondary N) is 1. The van der Waals surface area contributed by atoms with Crippen LogP contribution in [0.5, 0.6) is 0 Å². The van der Waals surface area contributed by atoms with E-state index in [4.69, 9.17) is 11.0 Å². The Balaban J connectivity index is 3.75. The molecule has 0 aliphatic rings. The Bertz CT molecular complexity index is 235. The van der Waals surface area contributed by atoms with Crippen LogP contribution in [0.15, 0.2) is 0 Å². The van der Waals surface area contributed by atoms with Crippen LogP contribution in [0.4, 0.5) is 0 Å². The first-order valence-electron chi connectivity index (χ1n) is 6.00. The molecule has 0 saturated heterocycles. The van der Waals surface area contributed by atoms with Crippen molar-refractivity contribution in [1.82, 2.24) is 5.32 Å². The lowest BCUT2D eigenvalue weighted by Gasteiger charge is -2.14. The number of carbonyl (C=O) groups excluding carboxylic acids is 1. The lowest BCUT2D eigenvalue weighted by molar-refractivity contribution is -0.121. The molecule has 0 aromatic carbocycles. The van der Waals surface area contributed by atoms with Crippen molar-refractivity contribution in [2.45, 2.75) is 52.0 Å². The molecule has 0 radical (unpaired) electrons. The standard InChI is InChI=1S/C12H23N3O/c1-3-11(7-9-14)4-5-12(16)15-10(2)6-8-13/h10-11H,3-7,9,14H2,1-2H3,(H,15,16). The normalized spacial score (nSPS) is 13.9. The van der Waals surface area contributed by atoms with Crippen molar-refractivity contribution in [3.63, 3.8) is 0 Å².